The van der Waals surface area contributed by atoms with Crippen molar-refractivity contribution in [1.82, 2.24) is 15.2 Å². The van der Waals surface area contributed by atoms with Gasteiger partial charge in [0, 0.05) is 24.2 Å². The summed E-state index contributed by atoms with van der Waals surface area (Å²) in [6, 6.07) is 13.8. The number of carbonyl (C=O) groups is 2. The molecule has 0 aliphatic rings. The summed E-state index contributed by atoms with van der Waals surface area (Å²) in [5.41, 5.74) is 5.24. The van der Waals surface area contributed by atoms with Crippen molar-refractivity contribution in [2.45, 2.75) is 24.8 Å². The molecule has 0 aliphatic heterocycles. The van der Waals surface area contributed by atoms with Crippen LogP contribution in [0.25, 0.3) is 0 Å². The average molecular weight is 375 g/mol. The van der Waals surface area contributed by atoms with Gasteiger partial charge in [0.25, 0.3) is 11.8 Å². The summed E-state index contributed by atoms with van der Waals surface area (Å²) in [5.74, 6) is -0.993. The first-order chi connectivity index (χ1) is 12.2. The molecule has 2 aromatic rings. The van der Waals surface area contributed by atoms with E-state index in [1.54, 1.807) is 44.2 Å². The fraction of sp³-hybridized carbons (Fsp3) is 0.222. The molecule has 0 fully saturated rings. The highest BCUT2D eigenvalue weighted by Crippen LogP contribution is 2.17. The van der Waals surface area contributed by atoms with E-state index < -0.39 is 21.8 Å². The van der Waals surface area contributed by atoms with E-state index in [1.807, 2.05) is 0 Å². The molecular formula is C18H21N3O4S. The molecule has 0 aliphatic carbocycles. The Morgan fingerprint density at radius 1 is 0.846 bits per heavy atom. The van der Waals surface area contributed by atoms with Gasteiger partial charge >= 0.3 is 0 Å². The van der Waals surface area contributed by atoms with Crippen LogP contribution in [-0.4, -0.2) is 37.6 Å². The number of amides is 2. The van der Waals surface area contributed by atoms with Crippen LogP contribution in [0.15, 0.2) is 59.5 Å². The molecule has 0 spiro atoms. The van der Waals surface area contributed by atoms with Crippen LogP contribution in [0, 0.1) is 0 Å². The lowest BCUT2D eigenvalue weighted by molar-refractivity contribution is 0.0846. The largest absolute Gasteiger partial charge is 0.269 e. The third kappa shape index (κ3) is 4.47. The Morgan fingerprint density at radius 2 is 1.31 bits per heavy atom. The summed E-state index contributed by atoms with van der Waals surface area (Å²) in [6.45, 7) is 3.55. The van der Waals surface area contributed by atoms with Gasteiger partial charge in [-0.2, -0.15) is 4.31 Å². The molecule has 26 heavy (non-hydrogen) atoms. The zero-order valence-electron chi connectivity index (χ0n) is 14.8. The minimum absolute atomic E-state index is 0.0959. The number of nitrogens with zero attached hydrogens (tertiary/aromatic N) is 1. The van der Waals surface area contributed by atoms with E-state index in [4.69, 9.17) is 0 Å². The monoisotopic (exact) mass is 375 g/mol. The lowest BCUT2D eigenvalue weighted by Crippen LogP contribution is -2.41. The highest BCUT2D eigenvalue weighted by atomic mass is 32.2. The van der Waals surface area contributed by atoms with Crippen LogP contribution >= 0.6 is 0 Å². The molecule has 2 amide bonds. The second-order valence-corrected chi connectivity index (χ2v) is 7.91. The minimum atomic E-state index is -3.61. The third-order valence-corrected chi connectivity index (χ3v) is 5.89. The number of sulfonamides is 1. The second-order valence-electron chi connectivity index (χ2n) is 5.91. The predicted octanol–water partition coefficient (Wildman–Crippen LogP) is 1.79. The molecule has 7 nitrogen and oxygen atoms in total. The minimum Gasteiger partial charge on any atom is -0.267 e. The fourth-order valence-electron chi connectivity index (χ4n) is 2.07. The van der Waals surface area contributed by atoms with Gasteiger partial charge in [0.15, 0.2) is 0 Å². The SMILES string of the molecule is CC(C)N(C)S(=O)(=O)c1ccc(C(=O)NNC(=O)c2ccccc2)cc1. The van der Waals surface area contributed by atoms with Crippen LogP contribution in [0.4, 0.5) is 0 Å². The maximum absolute atomic E-state index is 12.4. The third-order valence-electron chi connectivity index (χ3n) is 3.85. The molecule has 2 aromatic carbocycles. The molecule has 0 bridgehead atoms. The molecule has 0 unspecified atom stereocenters. The van der Waals surface area contributed by atoms with E-state index in [0.29, 0.717) is 5.56 Å². The van der Waals surface area contributed by atoms with Gasteiger partial charge in [-0.1, -0.05) is 18.2 Å². The Kier molecular flexibility index (Phi) is 6.12. The normalized spacial score (nSPS) is 11.4. The van der Waals surface area contributed by atoms with Crippen molar-refractivity contribution in [2.24, 2.45) is 0 Å². The lowest BCUT2D eigenvalue weighted by Gasteiger charge is -2.21. The summed E-state index contributed by atoms with van der Waals surface area (Å²) in [7, 11) is -2.11. The maximum atomic E-state index is 12.4. The van der Waals surface area contributed by atoms with E-state index in [9.17, 15) is 18.0 Å². The smallest absolute Gasteiger partial charge is 0.267 e. The average Bonchev–Trinajstić information content (AvgIpc) is 2.65. The van der Waals surface area contributed by atoms with E-state index in [-0.39, 0.29) is 16.5 Å². The Bertz CT molecular complexity index is 878. The second kappa shape index (κ2) is 8.11. The first-order valence-corrected chi connectivity index (χ1v) is 9.41. The van der Waals surface area contributed by atoms with Crippen molar-refractivity contribution in [1.29, 1.82) is 0 Å². The molecule has 0 aromatic heterocycles. The van der Waals surface area contributed by atoms with Gasteiger partial charge in [-0.25, -0.2) is 8.42 Å². The first-order valence-electron chi connectivity index (χ1n) is 7.97. The number of nitrogens with one attached hydrogen (secondary N) is 2. The maximum Gasteiger partial charge on any atom is 0.269 e. The van der Waals surface area contributed by atoms with E-state index in [1.165, 1.54) is 35.6 Å². The molecule has 138 valence electrons. The summed E-state index contributed by atoms with van der Waals surface area (Å²) in [5, 5.41) is 0. The molecule has 8 heteroatoms. The number of rotatable bonds is 5. The Balaban J connectivity index is 2.04. The van der Waals surface area contributed by atoms with Crippen molar-refractivity contribution in [3.8, 4) is 0 Å². The van der Waals surface area contributed by atoms with Crippen molar-refractivity contribution < 1.29 is 18.0 Å². The Labute approximate surface area is 153 Å². The number of carbonyl (C=O) groups excluding carboxylic acids is 2. The highest BCUT2D eigenvalue weighted by Gasteiger charge is 2.23. The topological polar surface area (TPSA) is 95.6 Å². The molecular weight excluding hydrogens is 354 g/mol. The van der Waals surface area contributed by atoms with Gasteiger partial charge in [-0.15, -0.1) is 0 Å². The molecule has 2 N–H and O–H groups in total. The van der Waals surface area contributed by atoms with Gasteiger partial charge < -0.3 is 0 Å². The zero-order valence-corrected chi connectivity index (χ0v) is 15.6. The van der Waals surface area contributed by atoms with Gasteiger partial charge in [-0.3, -0.25) is 20.4 Å². The first kappa shape index (κ1) is 19.6. The van der Waals surface area contributed by atoms with Crippen molar-refractivity contribution in [2.75, 3.05) is 7.05 Å². The van der Waals surface area contributed by atoms with E-state index >= 15 is 0 Å². The zero-order chi connectivity index (χ0) is 19.3. The van der Waals surface area contributed by atoms with Crippen molar-refractivity contribution in [3.05, 3.63) is 65.7 Å². The van der Waals surface area contributed by atoms with Crippen LogP contribution in [-0.2, 0) is 10.0 Å². The van der Waals surface area contributed by atoms with Crippen LogP contribution in [0.3, 0.4) is 0 Å². The summed E-state index contributed by atoms with van der Waals surface area (Å²) < 4.78 is 26.0. The van der Waals surface area contributed by atoms with Gasteiger partial charge in [0.05, 0.1) is 4.90 Å². The summed E-state index contributed by atoms with van der Waals surface area (Å²) >= 11 is 0. The molecule has 0 radical (unpaired) electrons. The van der Waals surface area contributed by atoms with Crippen molar-refractivity contribution in [3.63, 3.8) is 0 Å². The predicted molar refractivity (Wildman–Crippen MR) is 97.9 cm³/mol. The Morgan fingerprint density at radius 3 is 1.77 bits per heavy atom. The lowest BCUT2D eigenvalue weighted by atomic mass is 10.2. The highest BCUT2D eigenvalue weighted by molar-refractivity contribution is 7.89. The Hall–Kier alpha value is -2.71. The van der Waals surface area contributed by atoms with Gasteiger partial charge in [-0.05, 0) is 50.2 Å². The number of hydrazine groups is 1. The molecule has 0 saturated heterocycles. The van der Waals surface area contributed by atoms with E-state index in [2.05, 4.69) is 10.9 Å². The summed E-state index contributed by atoms with van der Waals surface area (Å²) in [4.78, 5) is 24.1. The summed E-state index contributed by atoms with van der Waals surface area (Å²) in [6.07, 6.45) is 0. The number of hydrogen-bond donors (Lipinski definition) is 2. The number of hydrogen-bond acceptors (Lipinski definition) is 4. The van der Waals surface area contributed by atoms with Crippen LogP contribution < -0.4 is 10.9 Å². The van der Waals surface area contributed by atoms with E-state index in [0.717, 1.165) is 0 Å². The quantitative estimate of drug-likeness (QED) is 0.779. The standard InChI is InChI=1S/C18H21N3O4S/c1-13(2)21(3)26(24,25)16-11-9-15(10-12-16)18(23)20-19-17(22)14-7-5-4-6-8-14/h4-13H,1-3H3,(H,19,22)(H,20,23). The van der Waals surface area contributed by atoms with Crippen LogP contribution in [0.2, 0.25) is 0 Å². The number of benzene rings is 2. The molecule has 2 rings (SSSR count). The van der Waals surface area contributed by atoms with Crippen LogP contribution in [0.1, 0.15) is 34.6 Å². The molecule has 0 saturated carbocycles. The van der Waals surface area contributed by atoms with Gasteiger partial charge in [0.1, 0.15) is 0 Å². The van der Waals surface area contributed by atoms with Crippen molar-refractivity contribution >= 4 is 21.8 Å². The fourth-order valence-corrected chi connectivity index (χ4v) is 3.44. The van der Waals surface area contributed by atoms with Crippen LogP contribution in [0.5, 0.6) is 0 Å². The molecule has 0 heterocycles. The molecule has 0 atom stereocenters. The van der Waals surface area contributed by atoms with Gasteiger partial charge in [0.2, 0.25) is 10.0 Å².